The zero-order valence-corrected chi connectivity index (χ0v) is 7.25. The van der Waals surface area contributed by atoms with Crippen molar-refractivity contribution in [1.82, 2.24) is 0 Å². The van der Waals surface area contributed by atoms with E-state index in [4.69, 9.17) is 9.84 Å². The zero-order chi connectivity index (χ0) is 8.10. The molecule has 0 saturated carbocycles. The standard InChI is InChI=1S/C9H18O2/c1-2-4-9-8(7-10)5-3-6-11-9/h8-10H,2-7H2,1H3. The maximum Gasteiger partial charge on any atom is 0.0625 e. The molecular weight excluding hydrogens is 140 g/mol. The minimum atomic E-state index is 0.296. The highest BCUT2D eigenvalue weighted by atomic mass is 16.5. The van der Waals surface area contributed by atoms with Crippen molar-refractivity contribution in [2.24, 2.45) is 5.92 Å². The number of ether oxygens (including phenoxy) is 1. The van der Waals surface area contributed by atoms with Crippen molar-refractivity contribution in [3.63, 3.8) is 0 Å². The molecule has 2 nitrogen and oxygen atoms in total. The highest BCUT2D eigenvalue weighted by molar-refractivity contribution is 4.73. The summed E-state index contributed by atoms with van der Waals surface area (Å²) in [5.41, 5.74) is 0. The second kappa shape index (κ2) is 4.73. The van der Waals surface area contributed by atoms with Gasteiger partial charge in [0.25, 0.3) is 0 Å². The average molecular weight is 158 g/mol. The molecule has 1 rings (SSSR count). The zero-order valence-electron chi connectivity index (χ0n) is 7.25. The second-order valence-electron chi connectivity index (χ2n) is 3.28. The van der Waals surface area contributed by atoms with Crippen LogP contribution >= 0.6 is 0 Å². The van der Waals surface area contributed by atoms with Crippen LogP contribution in [0.5, 0.6) is 0 Å². The molecule has 2 heteroatoms. The lowest BCUT2D eigenvalue weighted by atomic mass is 9.92. The van der Waals surface area contributed by atoms with Gasteiger partial charge in [-0.25, -0.2) is 0 Å². The van der Waals surface area contributed by atoms with E-state index in [1.54, 1.807) is 0 Å². The highest BCUT2D eigenvalue weighted by Gasteiger charge is 2.23. The molecule has 1 aliphatic rings. The normalized spacial score (nSPS) is 32.2. The van der Waals surface area contributed by atoms with Crippen LogP contribution in [0, 0.1) is 5.92 Å². The third-order valence-corrected chi connectivity index (χ3v) is 2.38. The minimum absolute atomic E-state index is 0.296. The van der Waals surface area contributed by atoms with Crippen LogP contribution in [0.3, 0.4) is 0 Å². The first-order valence-corrected chi connectivity index (χ1v) is 4.61. The van der Waals surface area contributed by atoms with Crippen LogP contribution in [-0.4, -0.2) is 24.4 Å². The Morgan fingerprint density at radius 1 is 1.55 bits per heavy atom. The molecule has 1 aliphatic heterocycles. The molecule has 0 aromatic heterocycles. The second-order valence-corrected chi connectivity index (χ2v) is 3.28. The first-order valence-electron chi connectivity index (χ1n) is 4.61. The van der Waals surface area contributed by atoms with Crippen molar-refractivity contribution in [2.75, 3.05) is 13.2 Å². The summed E-state index contributed by atoms with van der Waals surface area (Å²) in [4.78, 5) is 0. The SMILES string of the molecule is CCCC1OCCCC1CO. The summed E-state index contributed by atoms with van der Waals surface area (Å²) in [6, 6.07) is 0. The van der Waals surface area contributed by atoms with Crippen LogP contribution in [0.25, 0.3) is 0 Å². The van der Waals surface area contributed by atoms with E-state index < -0.39 is 0 Å². The molecule has 0 bridgehead atoms. The van der Waals surface area contributed by atoms with Crippen molar-refractivity contribution >= 4 is 0 Å². The monoisotopic (exact) mass is 158 g/mol. The molecule has 66 valence electrons. The van der Waals surface area contributed by atoms with E-state index in [0.29, 0.717) is 18.6 Å². The van der Waals surface area contributed by atoms with E-state index in [-0.39, 0.29) is 0 Å². The molecule has 0 aliphatic carbocycles. The summed E-state index contributed by atoms with van der Waals surface area (Å²) in [5.74, 6) is 0.406. The summed E-state index contributed by atoms with van der Waals surface area (Å²) in [6.45, 7) is 3.35. The lowest BCUT2D eigenvalue weighted by molar-refractivity contribution is -0.0476. The number of aliphatic hydroxyl groups is 1. The van der Waals surface area contributed by atoms with Crippen LogP contribution in [0.15, 0.2) is 0 Å². The van der Waals surface area contributed by atoms with E-state index in [9.17, 15) is 0 Å². The van der Waals surface area contributed by atoms with E-state index in [1.165, 1.54) is 0 Å². The van der Waals surface area contributed by atoms with Gasteiger partial charge >= 0.3 is 0 Å². The molecular formula is C9H18O2. The Morgan fingerprint density at radius 2 is 2.36 bits per heavy atom. The Morgan fingerprint density at radius 3 is 3.00 bits per heavy atom. The van der Waals surface area contributed by atoms with Gasteiger partial charge in [-0.3, -0.25) is 0 Å². The molecule has 1 heterocycles. The highest BCUT2D eigenvalue weighted by Crippen LogP contribution is 2.23. The molecule has 0 aromatic carbocycles. The third kappa shape index (κ3) is 2.46. The van der Waals surface area contributed by atoms with E-state index in [1.807, 2.05) is 0 Å². The van der Waals surface area contributed by atoms with Crippen LogP contribution in [0.2, 0.25) is 0 Å². The molecule has 0 spiro atoms. The van der Waals surface area contributed by atoms with Gasteiger partial charge in [0.2, 0.25) is 0 Å². The van der Waals surface area contributed by atoms with Gasteiger partial charge in [0.15, 0.2) is 0 Å². The first kappa shape index (κ1) is 9.01. The Hall–Kier alpha value is -0.0800. The molecule has 1 N–H and O–H groups in total. The minimum Gasteiger partial charge on any atom is -0.396 e. The molecule has 2 atom stereocenters. The van der Waals surface area contributed by atoms with Crippen molar-refractivity contribution < 1.29 is 9.84 Å². The van der Waals surface area contributed by atoms with Crippen molar-refractivity contribution in [1.29, 1.82) is 0 Å². The summed E-state index contributed by atoms with van der Waals surface area (Å²) >= 11 is 0. The van der Waals surface area contributed by atoms with Crippen molar-refractivity contribution in [2.45, 2.75) is 38.7 Å². The van der Waals surface area contributed by atoms with Crippen LogP contribution in [-0.2, 0) is 4.74 Å². The van der Waals surface area contributed by atoms with Gasteiger partial charge in [0.1, 0.15) is 0 Å². The lowest BCUT2D eigenvalue weighted by Gasteiger charge is -2.30. The topological polar surface area (TPSA) is 29.5 Å². The van der Waals surface area contributed by atoms with Gasteiger partial charge in [0.05, 0.1) is 6.10 Å². The van der Waals surface area contributed by atoms with Gasteiger partial charge < -0.3 is 9.84 Å². The van der Waals surface area contributed by atoms with Crippen LogP contribution in [0.4, 0.5) is 0 Å². The summed E-state index contributed by atoms with van der Waals surface area (Å²) in [6.07, 6.45) is 4.85. The lowest BCUT2D eigenvalue weighted by Crippen LogP contribution is -2.31. The maximum atomic E-state index is 9.01. The Balaban J connectivity index is 2.31. The van der Waals surface area contributed by atoms with Crippen LogP contribution in [0.1, 0.15) is 32.6 Å². The smallest absolute Gasteiger partial charge is 0.0625 e. The summed E-state index contributed by atoms with van der Waals surface area (Å²) in [7, 11) is 0. The van der Waals surface area contributed by atoms with E-state index >= 15 is 0 Å². The Kier molecular flexibility index (Phi) is 3.87. The number of hydrogen-bond acceptors (Lipinski definition) is 2. The molecule has 11 heavy (non-hydrogen) atoms. The van der Waals surface area contributed by atoms with Crippen molar-refractivity contribution in [3.05, 3.63) is 0 Å². The molecule has 1 saturated heterocycles. The third-order valence-electron chi connectivity index (χ3n) is 2.38. The first-order chi connectivity index (χ1) is 5.38. The Labute approximate surface area is 68.6 Å². The summed E-state index contributed by atoms with van der Waals surface area (Å²) in [5, 5.41) is 9.01. The van der Waals surface area contributed by atoms with Gasteiger partial charge in [0, 0.05) is 19.1 Å². The van der Waals surface area contributed by atoms with E-state index in [2.05, 4.69) is 6.92 Å². The molecule has 0 radical (unpaired) electrons. The van der Waals surface area contributed by atoms with E-state index in [0.717, 1.165) is 32.3 Å². The Bertz CT molecular complexity index is 102. The fourth-order valence-corrected chi connectivity index (χ4v) is 1.71. The maximum absolute atomic E-state index is 9.01. The molecule has 2 unspecified atom stereocenters. The van der Waals surface area contributed by atoms with Gasteiger partial charge in [-0.2, -0.15) is 0 Å². The van der Waals surface area contributed by atoms with Crippen LogP contribution < -0.4 is 0 Å². The number of hydrogen-bond donors (Lipinski definition) is 1. The predicted octanol–water partition coefficient (Wildman–Crippen LogP) is 1.57. The number of aliphatic hydroxyl groups excluding tert-OH is 1. The van der Waals surface area contributed by atoms with Gasteiger partial charge in [-0.15, -0.1) is 0 Å². The van der Waals surface area contributed by atoms with Gasteiger partial charge in [-0.05, 0) is 19.3 Å². The van der Waals surface area contributed by atoms with Crippen molar-refractivity contribution in [3.8, 4) is 0 Å². The fraction of sp³-hybridized carbons (Fsp3) is 1.00. The number of rotatable bonds is 3. The molecule has 0 amide bonds. The average Bonchev–Trinajstić information content (AvgIpc) is 2.06. The molecule has 1 fully saturated rings. The molecule has 0 aromatic rings. The largest absolute Gasteiger partial charge is 0.396 e. The quantitative estimate of drug-likeness (QED) is 0.675. The predicted molar refractivity (Wildman–Crippen MR) is 44.5 cm³/mol. The summed E-state index contributed by atoms with van der Waals surface area (Å²) < 4.78 is 5.56. The fourth-order valence-electron chi connectivity index (χ4n) is 1.71. The van der Waals surface area contributed by atoms with Gasteiger partial charge in [-0.1, -0.05) is 13.3 Å².